The molecule has 0 radical (unpaired) electrons. The van der Waals surface area contributed by atoms with Gasteiger partial charge >= 0.3 is 0 Å². The molecule has 0 amide bonds. The van der Waals surface area contributed by atoms with Gasteiger partial charge in [-0.2, -0.15) is 0 Å². The van der Waals surface area contributed by atoms with E-state index in [-0.39, 0.29) is 29.8 Å². The van der Waals surface area contributed by atoms with Crippen LogP contribution in [0.3, 0.4) is 0 Å². The van der Waals surface area contributed by atoms with Crippen molar-refractivity contribution in [3.63, 3.8) is 0 Å². The van der Waals surface area contributed by atoms with Crippen molar-refractivity contribution in [2.24, 2.45) is 4.99 Å². The molecule has 1 aliphatic heterocycles. The van der Waals surface area contributed by atoms with Crippen LogP contribution in [0.1, 0.15) is 38.2 Å². The van der Waals surface area contributed by atoms with Crippen LogP contribution in [0.4, 0.5) is 4.39 Å². The number of halogens is 2. The maximum atomic E-state index is 12.9. The summed E-state index contributed by atoms with van der Waals surface area (Å²) in [7, 11) is 1.77. The average molecular weight is 448 g/mol. The van der Waals surface area contributed by atoms with Crippen molar-refractivity contribution in [3.05, 3.63) is 35.6 Å². The number of nitrogens with one attached hydrogen (secondary N) is 2. The second kappa shape index (κ2) is 11.6. The highest BCUT2D eigenvalue weighted by atomic mass is 127. The van der Waals surface area contributed by atoms with E-state index in [0.29, 0.717) is 6.54 Å². The van der Waals surface area contributed by atoms with Gasteiger partial charge in [0.05, 0.1) is 0 Å². The van der Waals surface area contributed by atoms with Crippen molar-refractivity contribution in [2.75, 3.05) is 26.7 Å². The lowest BCUT2D eigenvalue weighted by Crippen LogP contribution is -2.45. The molecule has 1 aliphatic rings. The van der Waals surface area contributed by atoms with Crippen LogP contribution in [0.5, 0.6) is 0 Å². The number of likely N-dealkylation sites (tertiary alicyclic amines) is 1. The Balaban J connectivity index is 0.00000288. The molecule has 1 unspecified atom stereocenters. The Hall–Kier alpha value is -0.890. The summed E-state index contributed by atoms with van der Waals surface area (Å²) in [6, 6.07) is 7.27. The smallest absolute Gasteiger partial charge is 0.191 e. The molecule has 1 aromatic carbocycles. The Bertz CT molecular complexity index is 492. The van der Waals surface area contributed by atoms with Crippen LogP contribution >= 0.6 is 24.0 Å². The van der Waals surface area contributed by atoms with Crippen LogP contribution in [0.15, 0.2) is 29.3 Å². The van der Waals surface area contributed by atoms with Crippen molar-refractivity contribution < 1.29 is 4.39 Å². The van der Waals surface area contributed by atoms with Crippen LogP contribution in [0, 0.1) is 5.82 Å². The van der Waals surface area contributed by atoms with Crippen molar-refractivity contribution in [2.45, 2.75) is 45.2 Å². The minimum Gasteiger partial charge on any atom is -0.355 e. The van der Waals surface area contributed by atoms with Crippen LogP contribution in [0.2, 0.25) is 0 Å². The van der Waals surface area contributed by atoms with Gasteiger partial charge in [0.2, 0.25) is 0 Å². The third-order valence-electron chi connectivity index (χ3n) is 4.51. The van der Waals surface area contributed by atoms with Gasteiger partial charge in [-0.15, -0.1) is 24.0 Å². The van der Waals surface area contributed by atoms with E-state index in [2.05, 4.69) is 27.4 Å². The van der Waals surface area contributed by atoms with E-state index in [4.69, 9.17) is 0 Å². The third-order valence-corrected chi connectivity index (χ3v) is 4.51. The molecule has 1 heterocycles. The normalized spacial score (nSPS) is 18.8. The molecule has 2 rings (SSSR count). The van der Waals surface area contributed by atoms with Gasteiger partial charge < -0.3 is 10.6 Å². The molecule has 6 heteroatoms. The Kier molecular flexibility index (Phi) is 10.2. The standard InChI is InChI=1S/C18H29FN4.HI/c1-3-17-6-4-5-12-23(17)13-11-21-18(20-2)22-14-15-7-9-16(19)10-8-15;/h7-10,17H,3-6,11-14H2,1-2H3,(H2,20,21,22);1H. The zero-order valence-electron chi connectivity index (χ0n) is 14.7. The molecule has 0 aliphatic carbocycles. The largest absolute Gasteiger partial charge is 0.355 e. The summed E-state index contributed by atoms with van der Waals surface area (Å²) in [5.74, 6) is 0.586. The fraction of sp³-hybridized carbons (Fsp3) is 0.611. The topological polar surface area (TPSA) is 39.7 Å². The third kappa shape index (κ3) is 6.93. The molecular formula is C18H30FIN4. The summed E-state index contributed by atoms with van der Waals surface area (Å²) in [6.45, 7) is 6.07. The van der Waals surface area contributed by atoms with Gasteiger partial charge in [-0.25, -0.2) is 4.39 Å². The minimum atomic E-state index is -0.205. The molecular weight excluding hydrogens is 418 g/mol. The number of aliphatic imine (C=N–C) groups is 1. The molecule has 1 aromatic rings. The Labute approximate surface area is 162 Å². The molecule has 0 aromatic heterocycles. The van der Waals surface area contributed by atoms with Gasteiger partial charge in [-0.3, -0.25) is 9.89 Å². The monoisotopic (exact) mass is 448 g/mol. The van der Waals surface area contributed by atoms with Crippen LogP contribution < -0.4 is 10.6 Å². The number of guanidine groups is 1. The molecule has 1 atom stereocenters. The minimum absolute atomic E-state index is 0. The molecule has 1 fully saturated rings. The summed E-state index contributed by atoms with van der Waals surface area (Å²) >= 11 is 0. The number of hydrogen-bond acceptors (Lipinski definition) is 2. The molecule has 2 N–H and O–H groups in total. The highest BCUT2D eigenvalue weighted by Crippen LogP contribution is 2.18. The Morgan fingerprint density at radius 2 is 2.00 bits per heavy atom. The van der Waals surface area contributed by atoms with Gasteiger partial charge in [-0.05, 0) is 43.5 Å². The summed E-state index contributed by atoms with van der Waals surface area (Å²) < 4.78 is 12.9. The van der Waals surface area contributed by atoms with Gasteiger partial charge in [0.15, 0.2) is 5.96 Å². The lowest BCUT2D eigenvalue weighted by molar-refractivity contribution is 0.147. The second-order valence-electron chi connectivity index (χ2n) is 6.07. The highest BCUT2D eigenvalue weighted by molar-refractivity contribution is 14.0. The van der Waals surface area contributed by atoms with Gasteiger partial charge in [-0.1, -0.05) is 25.5 Å². The molecule has 4 nitrogen and oxygen atoms in total. The van der Waals surface area contributed by atoms with E-state index >= 15 is 0 Å². The van der Waals surface area contributed by atoms with Crippen LogP contribution in [-0.4, -0.2) is 43.6 Å². The first-order valence-electron chi connectivity index (χ1n) is 8.66. The number of piperidine rings is 1. The molecule has 0 bridgehead atoms. The zero-order chi connectivity index (χ0) is 16.5. The Morgan fingerprint density at radius 1 is 1.25 bits per heavy atom. The SMILES string of the molecule is CCC1CCCCN1CCNC(=NC)NCc1ccc(F)cc1.I. The van der Waals surface area contributed by atoms with Crippen molar-refractivity contribution in [3.8, 4) is 0 Å². The molecule has 0 saturated carbocycles. The highest BCUT2D eigenvalue weighted by Gasteiger charge is 2.19. The summed E-state index contributed by atoms with van der Waals surface area (Å²) in [4.78, 5) is 6.83. The van der Waals surface area contributed by atoms with E-state index in [1.165, 1.54) is 44.4 Å². The van der Waals surface area contributed by atoms with Crippen molar-refractivity contribution >= 4 is 29.9 Å². The lowest BCUT2D eigenvalue weighted by Gasteiger charge is -2.35. The summed E-state index contributed by atoms with van der Waals surface area (Å²) in [6.07, 6.45) is 5.24. The quantitative estimate of drug-likeness (QED) is 0.398. The first-order valence-corrected chi connectivity index (χ1v) is 8.66. The van der Waals surface area contributed by atoms with E-state index in [1.807, 2.05) is 0 Å². The van der Waals surface area contributed by atoms with Crippen molar-refractivity contribution in [1.82, 2.24) is 15.5 Å². The van der Waals surface area contributed by atoms with E-state index in [1.54, 1.807) is 19.2 Å². The summed E-state index contributed by atoms with van der Waals surface area (Å²) in [5, 5.41) is 6.63. The summed E-state index contributed by atoms with van der Waals surface area (Å²) in [5.41, 5.74) is 1.04. The van der Waals surface area contributed by atoms with Crippen LogP contribution in [-0.2, 0) is 6.54 Å². The van der Waals surface area contributed by atoms with Gasteiger partial charge in [0.25, 0.3) is 0 Å². The van der Waals surface area contributed by atoms with Crippen LogP contribution in [0.25, 0.3) is 0 Å². The first-order chi connectivity index (χ1) is 11.2. The fourth-order valence-electron chi connectivity index (χ4n) is 3.14. The maximum Gasteiger partial charge on any atom is 0.191 e. The number of benzene rings is 1. The van der Waals surface area contributed by atoms with Gasteiger partial charge in [0.1, 0.15) is 5.82 Å². The number of hydrogen-bond donors (Lipinski definition) is 2. The maximum absolute atomic E-state index is 12.9. The molecule has 0 spiro atoms. The molecule has 1 saturated heterocycles. The van der Waals surface area contributed by atoms with Crippen molar-refractivity contribution in [1.29, 1.82) is 0 Å². The fourth-order valence-corrected chi connectivity index (χ4v) is 3.14. The molecule has 136 valence electrons. The van der Waals surface area contributed by atoms with E-state index < -0.39 is 0 Å². The first kappa shape index (κ1) is 21.2. The Morgan fingerprint density at radius 3 is 2.67 bits per heavy atom. The molecule has 24 heavy (non-hydrogen) atoms. The van der Waals surface area contributed by atoms with E-state index in [0.717, 1.165) is 30.7 Å². The number of rotatable bonds is 6. The second-order valence-corrected chi connectivity index (χ2v) is 6.07. The van der Waals surface area contributed by atoms with E-state index in [9.17, 15) is 4.39 Å². The number of nitrogens with zero attached hydrogens (tertiary/aromatic N) is 2. The average Bonchev–Trinajstić information content (AvgIpc) is 2.59. The van der Waals surface area contributed by atoms with Gasteiger partial charge in [0, 0.05) is 32.7 Å². The zero-order valence-corrected chi connectivity index (χ0v) is 17.1. The lowest BCUT2D eigenvalue weighted by atomic mass is 10.0. The predicted molar refractivity (Wildman–Crippen MR) is 110 cm³/mol. The predicted octanol–water partition coefficient (Wildman–Crippen LogP) is 3.37.